The van der Waals surface area contributed by atoms with E-state index in [4.69, 9.17) is 35.8 Å². The molecule has 0 aliphatic carbocycles. The Bertz CT molecular complexity index is 3740. The van der Waals surface area contributed by atoms with Crippen LogP contribution in [0.5, 0.6) is 0 Å². The van der Waals surface area contributed by atoms with Gasteiger partial charge in [0.1, 0.15) is 11.2 Å². The van der Waals surface area contributed by atoms with E-state index in [2.05, 4.69) is 0 Å². The topological polar surface area (TPSA) is 61.7 Å². The van der Waals surface area contributed by atoms with Gasteiger partial charge >= 0.3 is 0 Å². The zero-order valence-electron chi connectivity index (χ0n) is 42.0. The molecule has 51 heavy (non-hydrogen) atoms. The number of hydrogen-bond acceptors (Lipinski definition) is 4. The van der Waals surface area contributed by atoms with Gasteiger partial charge in [0.2, 0.25) is 11.9 Å². The summed E-state index contributed by atoms with van der Waals surface area (Å²) in [5.74, 6) is -1.14. The number of hydrogen-bond donors (Lipinski definition) is 0. The van der Waals surface area contributed by atoms with Crippen LogP contribution in [-0.2, 0) is 0 Å². The predicted molar refractivity (Wildman–Crippen MR) is 207 cm³/mol. The molecular formula is C45H27N5O. The fourth-order valence-corrected chi connectivity index (χ4v) is 6.74. The lowest BCUT2D eigenvalue weighted by Crippen LogP contribution is -2.10. The molecule has 0 unspecified atom stereocenters. The molecule has 4 heterocycles. The fourth-order valence-electron chi connectivity index (χ4n) is 6.74. The summed E-state index contributed by atoms with van der Waals surface area (Å²) in [4.78, 5) is 14.6. The van der Waals surface area contributed by atoms with Crippen LogP contribution >= 0.6 is 0 Å². The highest BCUT2D eigenvalue weighted by Crippen LogP contribution is 2.39. The normalized spacial score (nSPS) is 16.3. The molecule has 4 aromatic heterocycles. The Morgan fingerprint density at radius 3 is 1.53 bits per heavy atom. The lowest BCUT2D eigenvalue weighted by Gasteiger charge is -2.13. The van der Waals surface area contributed by atoms with Crippen molar-refractivity contribution in [2.45, 2.75) is 0 Å². The van der Waals surface area contributed by atoms with Crippen molar-refractivity contribution in [2.75, 3.05) is 0 Å². The van der Waals surface area contributed by atoms with E-state index in [1.165, 1.54) is 0 Å². The number of furan rings is 1. The van der Waals surface area contributed by atoms with Gasteiger partial charge in [0.15, 0.2) is 5.82 Å². The van der Waals surface area contributed by atoms with Crippen molar-refractivity contribution in [1.29, 1.82) is 0 Å². The largest absolute Gasteiger partial charge is 0.456 e. The summed E-state index contributed by atoms with van der Waals surface area (Å²) < 4.78 is 150. The summed E-state index contributed by atoms with van der Waals surface area (Å²) in [6.07, 6.45) is 0. The quantitative estimate of drug-likeness (QED) is 0.187. The smallest absolute Gasteiger partial charge is 0.240 e. The average molecular weight is 670 g/mol. The van der Waals surface area contributed by atoms with Gasteiger partial charge in [-0.1, -0.05) is 121 Å². The third kappa shape index (κ3) is 4.14. The minimum absolute atomic E-state index is 0.172. The summed E-state index contributed by atoms with van der Waals surface area (Å²) in [6.45, 7) is 0. The van der Waals surface area contributed by atoms with E-state index in [0.717, 1.165) is 20.3 Å². The molecule has 0 spiro atoms. The monoisotopic (exact) mass is 669 g/mol. The van der Waals surface area contributed by atoms with E-state index in [1.807, 2.05) is 48.5 Å². The number of rotatable bonds is 4. The van der Waals surface area contributed by atoms with Crippen LogP contribution in [0.15, 0.2) is 168 Å². The molecule has 0 saturated heterocycles. The summed E-state index contributed by atoms with van der Waals surface area (Å²) >= 11 is 0. The summed E-state index contributed by atoms with van der Waals surface area (Å²) in [6, 6.07) is 9.76. The summed E-state index contributed by atoms with van der Waals surface area (Å²) in [5.41, 5.74) is 1.64. The lowest BCUT2D eigenvalue weighted by atomic mass is 10.0. The second-order valence-corrected chi connectivity index (χ2v) is 11.7. The van der Waals surface area contributed by atoms with E-state index in [1.54, 1.807) is 18.2 Å². The molecule has 0 amide bonds. The molecule has 0 aliphatic heterocycles. The Kier molecular flexibility index (Phi) is 3.48. The Labute approximate surface area is 314 Å². The average Bonchev–Trinajstić information content (AvgIpc) is 4.02. The highest BCUT2D eigenvalue weighted by atomic mass is 16.3. The number of fused-ring (bicyclic) bond motifs is 9. The Morgan fingerprint density at radius 1 is 0.451 bits per heavy atom. The lowest BCUT2D eigenvalue weighted by molar-refractivity contribution is 0.669. The molecule has 0 fully saturated rings. The molecule has 0 saturated carbocycles. The van der Waals surface area contributed by atoms with Gasteiger partial charge in [0.25, 0.3) is 0 Å². The van der Waals surface area contributed by atoms with Crippen LogP contribution in [0.3, 0.4) is 0 Å². The first kappa shape index (κ1) is 16.6. The van der Waals surface area contributed by atoms with Crippen molar-refractivity contribution >= 4 is 65.6 Å². The van der Waals surface area contributed by atoms with Gasteiger partial charge in [-0.15, -0.1) is 0 Å². The van der Waals surface area contributed by atoms with Crippen LogP contribution in [0.2, 0.25) is 0 Å². The fraction of sp³-hybridized carbons (Fsp3) is 0. The molecule has 0 aliphatic rings. The second kappa shape index (κ2) is 10.7. The van der Waals surface area contributed by atoms with Crippen LogP contribution in [0, 0.1) is 0 Å². The Morgan fingerprint density at radius 2 is 0.980 bits per heavy atom. The maximum Gasteiger partial charge on any atom is 0.240 e. The summed E-state index contributed by atoms with van der Waals surface area (Å²) in [7, 11) is 0. The van der Waals surface area contributed by atoms with E-state index in [9.17, 15) is 5.48 Å². The molecular weight excluding hydrogens is 627 g/mol. The van der Waals surface area contributed by atoms with Crippen LogP contribution in [0.4, 0.5) is 0 Å². The van der Waals surface area contributed by atoms with Gasteiger partial charge in [-0.3, -0.25) is 9.13 Å². The van der Waals surface area contributed by atoms with Crippen molar-refractivity contribution in [1.82, 2.24) is 24.1 Å². The van der Waals surface area contributed by atoms with E-state index in [-0.39, 0.29) is 49.4 Å². The van der Waals surface area contributed by atoms with Gasteiger partial charge in [0.05, 0.1) is 44.0 Å². The molecule has 0 radical (unpaired) electrons. The Balaban J connectivity index is 1.36. The first-order valence-corrected chi connectivity index (χ1v) is 15.7. The zero-order valence-corrected chi connectivity index (χ0v) is 26.0. The van der Waals surface area contributed by atoms with Crippen molar-refractivity contribution in [3.63, 3.8) is 0 Å². The minimum atomic E-state index is -0.704. The van der Waals surface area contributed by atoms with Crippen molar-refractivity contribution in [3.05, 3.63) is 163 Å². The first-order valence-electron chi connectivity index (χ1n) is 23.7. The molecule has 7 aromatic carbocycles. The SMILES string of the molecule is [2H]c1c([2H])c([2H])c2c(c1[2H])c1c([2H])c([2H])c([2H])c([2H])c1n2-c1nc(-c2cccc3oc4cc(-c5ccccc5)ccc4c23)nc(-n2c3c([2H])c([2H])c([2H])c([2H])c3c3c([2H])c([2H])c([2H])c([2H])c32)n1. The molecule has 6 nitrogen and oxygen atoms in total. The van der Waals surface area contributed by atoms with Crippen LogP contribution in [0.1, 0.15) is 21.9 Å². The highest BCUT2D eigenvalue weighted by molar-refractivity contribution is 6.13. The number of benzene rings is 7. The maximum absolute atomic E-state index is 9.19. The first-order chi connectivity index (χ1) is 31.9. The summed E-state index contributed by atoms with van der Waals surface area (Å²) in [5, 5.41) is 0.0383. The Hall–Kier alpha value is -7.05. The maximum atomic E-state index is 9.19. The van der Waals surface area contributed by atoms with Crippen LogP contribution in [0.25, 0.3) is 100.0 Å². The van der Waals surface area contributed by atoms with Crippen LogP contribution in [-0.4, -0.2) is 24.1 Å². The minimum Gasteiger partial charge on any atom is -0.456 e. The van der Waals surface area contributed by atoms with Gasteiger partial charge in [-0.25, -0.2) is 0 Å². The third-order valence-electron chi connectivity index (χ3n) is 8.92. The van der Waals surface area contributed by atoms with E-state index >= 15 is 0 Å². The third-order valence-corrected chi connectivity index (χ3v) is 8.92. The number of aromatic nitrogens is 5. The molecule has 0 N–H and O–H groups in total. The van der Waals surface area contributed by atoms with Gasteiger partial charge in [0, 0.05) is 37.9 Å². The predicted octanol–water partition coefficient (Wildman–Crippen LogP) is 11.3. The standard InChI is InChI=1S/C45H27N5O/c1-2-13-28(14-3-1)29-25-26-34-41(27-29)51-40-24-12-19-35(42(34)40)43-46-44(49-36-20-8-4-15-30(36)31-16-5-9-21-37(31)49)48-45(47-43)50-38-22-10-6-17-32(38)33-18-7-11-23-39(33)50/h1-27H/i4D,5D,6D,7D,8D,9D,10D,11D,15D,16D,17D,18D,20D,21D,22D,23D. The molecule has 11 rings (SSSR count). The highest BCUT2D eigenvalue weighted by Gasteiger charge is 2.22. The van der Waals surface area contributed by atoms with Crippen LogP contribution < -0.4 is 0 Å². The molecule has 6 heteroatoms. The van der Waals surface area contributed by atoms with E-state index < -0.39 is 109 Å². The zero-order chi connectivity index (χ0) is 47.4. The molecule has 0 bridgehead atoms. The van der Waals surface area contributed by atoms with Crippen molar-refractivity contribution < 1.29 is 26.3 Å². The molecule has 11 aromatic rings. The number of para-hydroxylation sites is 4. The van der Waals surface area contributed by atoms with Gasteiger partial charge in [-0.2, -0.15) is 15.0 Å². The molecule has 238 valence electrons. The second-order valence-electron chi connectivity index (χ2n) is 11.7. The van der Waals surface area contributed by atoms with Gasteiger partial charge < -0.3 is 4.42 Å². The number of nitrogens with zero attached hydrogens (tertiary/aromatic N) is 5. The van der Waals surface area contributed by atoms with Crippen molar-refractivity contribution in [3.8, 4) is 34.4 Å². The van der Waals surface area contributed by atoms with Gasteiger partial charge in [-0.05, 0) is 53.5 Å². The van der Waals surface area contributed by atoms with E-state index in [0.29, 0.717) is 27.5 Å². The molecule has 0 atom stereocenters. The van der Waals surface area contributed by atoms with Crippen molar-refractivity contribution in [2.24, 2.45) is 0 Å².